The van der Waals surface area contributed by atoms with Crippen molar-refractivity contribution in [3.05, 3.63) is 18.5 Å². The molecular weight excluding hydrogens is 246 g/mol. The van der Waals surface area contributed by atoms with Crippen molar-refractivity contribution in [1.29, 1.82) is 0 Å². The molecule has 0 aromatic carbocycles. The molecule has 18 heavy (non-hydrogen) atoms. The summed E-state index contributed by atoms with van der Waals surface area (Å²) >= 11 is 1.43. The molecule has 1 saturated heterocycles. The van der Waals surface area contributed by atoms with Crippen LogP contribution in [0, 0.1) is 5.92 Å². The highest BCUT2D eigenvalue weighted by molar-refractivity contribution is 8.00. The fraction of sp³-hybridized carbons (Fsp3) is 0.615. The third-order valence-electron chi connectivity index (χ3n) is 3.14. The van der Waals surface area contributed by atoms with Gasteiger partial charge in [-0.15, -0.1) is 0 Å². The predicted octanol–water partition coefficient (Wildman–Crippen LogP) is 2.22. The quantitative estimate of drug-likeness (QED) is 0.621. The van der Waals surface area contributed by atoms with Crippen molar-refractivity contribution in [3.8, 4) is 0 Å². The Morgan fingerprint density at radius 1 is 1.50 bits per heavy atom. The minimum atomic E-state index is -0.113. The first-order valence-corrected chi connectivity index (χ1v) is 7.27. The van der Waals surface area contributed by atoms with E-state index >= 15 is 0 Å². The molecule has 0 radical (unpaired) electrons. The highest BCUT2D eigenvalue weighted by Gasteiger charge is 2.25. The third-order valence-corrected chi connectivity index (χ3v) is 4.12. The maximum absolute atomic E-state index is 12.3. The molecule has 98 valence electrons. The Morgan fingerprint density at radius 3 is 2.89 bits per heavy atom. The van der Waals surface area contributed by atoms with Crippen molar-refractivity contribution >= 4 is 17.7 Å². The van der Waals surface area contributed by atoms with Crippen LogP contribution in [0.15, 0.2) is 23.6 Å². The van der Waals surface area contributed by atoms with Gasteiger partial charge in [-0.05, 0) is 31.7 Å². The van der Waals surface area contributed by atoms with Crippen LogP contribution in [0.4, 0.5) is 0 Å². The van der Waals surface area contributed by atoms with Gasteiger partial charge >= 0.3 is 0 Å². The van der Waals surface area contributed by atoms with Crippen molar-refractivity contribution in [2.45, 2.75) is 37.1 Å². The molecular formula is C13H19N3OS. The molecule has 1 aromatic rings. The van der Waals surface area contributed by atoms with Gasteiger partial charge < -0.3 is 4.90 Å². The van der Waals surface area contributed by atoms with Gasteiger partial charge in [-0.1, -0.05) is 18.7 Å². The number of thioether (sulfide) groups is 1. The van der Waals surface area contributed by atoms with Gasteiger partial charge in [-0.2, -0.15) is 0 Å². The second-order valence-corrected chi connectivity index (χ2v) is 6.13. The largest absolute Gasteiger partial charge is 0.341 e. The summed E-state index contributed by atoms with van der Waals surface area (Å²) in [4.78, 5) is 22.6. The molecule has 1 aliphatic heterocycles. The minimum absolute atomic E-state index is 0.113. The van der Waals surface area contributed by atoms with E-state index in [-0.39, 0.29) is 11.2 Å². The first-order chi connectivity index (χ1) is 8.66. The van der Waals surface area contributed by atoms with E-state index < -0.39 is 0 Å². The van der Waals surface area contributed by atoms with E-state index in [4.69, 9.17) is 0 Å². The molecule has 4 nitrogen and oxygen atoms in total. The number of hydrogen-bond donors (Lipinski definition) is 0. The van der Waals surface area contributed by atoms with Crippen LogP contribution < -0.4 is 0 Å². The van der Waals surface area contributed by atoms with E-state index in [1.54, 1.807) is 18.5 Å². The summed E-state index contributed by atoms with van der Waals surface area (Å²) in [7, 11) is 0. The van der Waals surface area contributed by atoms with E-state index in [9.17, 15) is 4.79 Å². The number of carbonyl (C=O) groups excluding carboxylic acids is 1. The molecule has 2 heterocycles. The van der Waals surface area contributed by atoms with Crippen molar-refractivity contribution in [1.82, 2.24) is 14.9 Å². The summed E-state index contributed by atoms with van der Waals surface area (Å²) in [5.41, 5.74) is 0. The van der Waals surface area contributed by atoms with Crippen LogP contribution in [0.1, 0.15) is 26.7 Å². The number of carbonyl (C=O) groups is 1. The summed E-state index contributed by atoms with van der Waals surface area (Å²) in [6, 6.07) is 1.78. The minimum Gasteiger partial charge on any atom is -0.341 e. The summed E-state index contributed by atoms with van der Waals surface area (Å²) in [6.45, 7) is 5.92. The van der Waals surface area contributed by atoms with Crippen LogP contribution in [0.25, 0.3) is 0 Å². The Hall–Kier alpha value is -1.10. The number of likely N-dealkylation sites (tertiary alicyclic amines) is 1. The van der Waals surface area contributed by atoms with Gasteiger partial charge in [0.15, 0.2) is 5.16 Å². The second-order valence-electron chi connectivity index (χ2n) is 4.82. The standard InChI is InChI=1S/C13H19N3OS/c1-10-5-3-8-16(9-10)12(17)11(2)18-13-14-6-4-7-15-13/h4,6-7,10-11H,3,5,8-9H2,1-2H3/t10-,11+/m0/s1. The average molecular weight is 265 g/mol. The van der Waals surface area contributed by atoms with Crippen LogP contribution in [0.5, 0.6) is 0 Å². The molecule has 1 aliphatic rings. The molecule has 2 atom stereocenters. The SMILES string of the molecule is C[C@H]1CCCN(C(=O)[C@@H](C)Sc2ncccn2)C1. The van der Waals surface area contributed by atoms with Crippen LogP contribution in [-0.4, -0.2) is 39.1 Å². The smallest absolute Gasteiger partial charge is 0.235 e. The number of rotatable bonds is 3. The first kappa shape index (κ1) is 13.3. The van der Waals surface area contributed by atoms with Gasteiger partial charge in [0.1, 0.15) is 0 Å². The molecule has 0 bridgehead atoms. The lowest BCUT2D eigenvalue weighted by Crippen LogP contribution is -2.42. The Bertz CT molecular complexity index is 398. The predicted molar refractivity (Wildman–Crippen MR) is 72.3 cm³/mol. The van der Waals surface area contributed by atoms with Gasteiger partial charge in [-0.25, -0.2) is 9.97 Å². The topological polar surface area (TPSA) is 46.1 Å². The van der Waals surface area contributed by atoms with E-state index in [2.05, 4.69) is 16.9 Å². The lowest BCUT2D eigenvalue weighted by Gasteiger charge is -2.32. The summed E-state index contributed by atoms with van der Waals surface area (Å²) in [6.07, 6.45) is 5.75. The number of aromatic nitrogens is 2. The van der Waals surface area contributed by atoms with Crippen molar-refractivity contribution < 1.29 is 4.79 Å². The van der Waals surface area contributed by atoms with Crippen molar-refractivity contribution in [2.24, 2.45) is 5.92 Å². The summed E-state index contributed by atoms with van der Waals surface area (Å²) < 4.78 is 0. The molecule has 0 unspecified atom stereocenters. The highest BCUT2D eigenvalue weighted by atomic mass is 32.2. The van der Waals surface area contributed by atoms with Crippen molar-refractivity contribution in [3.63, 3.8) is 0 Å². The molecule has 1 aromatic heterocycles. The molecule has 1 fully saturated rings. The first-order valence-electron chi connectivity index (χ1n) is 6.39. The summed E-state index contributed by atoms with van der Waals surface area (Å²) in [5, 5.41) is 0.557. The number of nitrogens with zero attached hydrogens (tertiary/aromatic N) is 3. The van der Waals surface area contributed by atoms with Gasteiger partial charge in [0.25, 0.3) is 0 Å². The molecule has 2 rings (SSSR count). The number of hydrogen-bond acceptors (Lipinski definition) is 4. The Morgan fingerprint density at radius 2 is 2.22 bits per heavy atom. The van der Waals surface area contributed by atoms with E-state index in [1.165, 1.54) is 18.2 Å². The lowest BCUT2D eigenvalue weighted by molar-refractivity contribution is -0.131. The molecule has 0 saturated carbocycles. The fourth-order valence-electron chi connectivity index (χ4n) is 2.20. The number of piperidine rings is 1. The Labute approximate surface area is 112 Å². The maximum atomic E-state index is 12.3. The van der Waals surface area contributed by atoms with E-state index in [1.807, 2.05) is 11.8 Å². The highest BCUT2D eigenvalue weighted by Crippen LogP contribution is 2.23. The Balaban J connectivity index is 1.92. The van der Waals surface area contributed by atoms with Gasteiger partial charge in [0.2, 0.25) is 5.91 Å². The van der Waals surface area contributed by atoms with E-state index in [0.29, 0.717) is 11.1 Å². The zero-order valence-electron chi connectivity index (χ0n) is 10.9. The lowest BCUT2D eigenvalue weighted by atomic mass is 10.0. The molecule has 0 N–H and O–H groups in total. The van der Waals surface area contributed by atoms with Crippen LogP contribution >= 0.6 is 11.8 Å². The number of amides is 1. The molecule has 5 heteroatoms. The zero-order valence-corrected chi connectivity index (χ0v) is 11.7. The van der Waals surface area contributed by atoms with Crippen LogP contribution in [0.3, 0.4) is 0 Å². The normalized spacial score (nSPS) is 21.7. The van der Waals surface area contributed by atoms with Gasteiger partial charge in [0, 0.05) is 25.5 Å². The van der Waals surface area contributed by atoms with Crippen molar-refractivity contribution in [2.75, 3.05) is 13.1 Å². The molecule has 1 amide bonds. The van der Waals surface area contributed by atoms with Gasteiger partial charge in [0.05, 0.1) is 5.25 Å². The average Bonchev–Trinajstić information content (AvgIpc) is 2.39. The third kappa shape index (κ3) is 3.45. The fourth-order valence-corrected chi connectivity index (χ4v) is 3.01. The maximum Gasteiger partial charge on any atom is 0.235 e. The van der Waals surface area contributed by atoms with Gasteiger partial charge in [-0.3, -0.25) is 4.79 Å². The monoisotopic (exact) mass is 265 g/mol. The zero-order chi connectivity index (χ0) is 13.0. The van der Waals surface area contributed by atoms with Crippen LogP contribution in [-0.2, 0) is 4.79 Å². The Kier molecular flexibility index (Phi) is 4.58. The molecule has 0 spiro atoms. The summed E-state index contributed by atoms with van der Waals surface area (Å²) in [5.74, 6) is 0.826. The molecule has 0 aliphatic carbocycles. The van der Waals surface area contributed by atoms with E-state index in [0.717, 1.165) is 19.5 Å². The van der Waals surface area contributed by atoms with Crippen LogP contribution in [0.2, 0.25) is 0 Å². The second kappa shape index (κ2) is 6.18.